The Hall–Kier alpha value is -1.76. The van der Waals surface area contributed by atoms with Crippen LogP contribution in [0.25, 0.3) is 0 Å². The van der Waals surface area contributed by atoms with E-state index in [1.165, 1.54) is 167 Å². The summed E-state index contributed by atoms with van der Waals surface area (Å²) in [7, 11) is 0. The summed E-state index contributed by atoms with van der Waals surface area (Å²) in [6.45, 7) is 2.64. The molecule has 2 aliphatic heterocycles. The number of hydrogen-bond acceptors (Lipinski definition) is 15. The molecular weight excluding hydrogens is 925 g/mol. The number of ether oxygens (including phenoxy) is 6. The maximum absolute atomic E-state index is 13.1. The summed E-state index contributed by atoms with van der Waals surface area (Å²) < 4.78 is 33.7. The average Bonchev–Trinajstić information content (AvgIpc) is 3.37. The van der Waals surface area contributed by atoms with E-state index in [-0.39, 0.29) is 26.1 Å². The van der Waals surface area contributed by atoms with Gasteiger partial charge in [-0.25, -0.2) is 0 Å². The van der Waals surface area contributed by atoms with Crippen LogP contribution < -0.4 is 0 Å². The monoisotopic (exact) mass is 1030 g/mol. The van der Waals surface area contributed by atoms with Gasteiger partial charge in [0, 0.05) is 12.8 Å². The van der Waals surface area contributed by atoms with Crippen LogP contribution in [0.3, 0.4) is 0 Å². The highest BCUT2D eigenvalue weighted by molar-refractivity contribution is 5.70. The first-order valence-electron chi connectivity index (χ1n) is 29.3. The minimum Gasteiger partial charge on any atom is -0.462 e. The van der Waals surface area contributed by atoms with Crippen LogP contribution in [-0.2, 0) is 38.0 Å². The average molecular weight is 1030 g/mol. The quantitative estimate of drug-likeness (QED) is 0.0171. The molecule has 0 spiro atoms. The second-order valence-corrected chi connectivity index (χ2v) is 20.8. The lowest BCUT2D eigenvalue weighted by atomic mass is 9.98. The molecule has 2 heterocycles. The van der Waals surface area contributed by atoms with Crippen molar-refractivity contribution >= 4 is 11.9 Å². The van der Waals surface area contributed by atoms with Crippen molar-refractivity contribution in [2.75, 3.05) is 26.4 Å². The van der Waals surface area contributed by atoms with Crippen molar-refractivity contribution in [2.45, 2.75) is 313 Å². The third-order valence-electron chi connectivity index (χ3n) is 14.2. The SMILES string of the molecule is CCCCCCCC/C=C/CCCCCCCCCCCC(=O)OC[C@@H](CO[C@@H]1O[C@H](CO[C@@H]2O[C@H](CO)[C@H](O)C(O)C2O)[C@H](O)C(O)C1O)OC(=O)CCCCCCCCCCCCCCCCCCC. The highest BCUT2D eigenvalue weighted by Crippen LogP contribution is 2.27. The smallest absolute Gasteiger partial charge is 0.306 e. The Labute approximate surface area is 435 Å². The summed E-state index contributed by atoms with van der Waals surface area (Å²) in [6.07, 6.45) is 29.4. The summed E-state index contributed by atoms with van der Waals surface area (Å²) in [5.41, 5.74) is 0. The molecule has 0 bridgehead atoms. The van der Waals surface area contributed by atoms with Crippen molar-refractivity contribution in [3.05, 3.63) is 12.2 Å². The summed E-state index contributed by atoms with van der Waals surface area (Å²) in [4.78, 5) is 25.9. The maximum Gasteiger partial charge on any atom is 0.306 e. The predicted molar refractivity (Wildman–Crippen MR) is 280 cm³/mol. The molecule has 0 aromatic carbocycles. The number of allylic oxidation sites excluding steroid dienone is 2. The molecule has 2 rings (SSSR count). The molecule has 11 atom stereocenters. The summed E-state index contributed by atoms with van der Waals surface area (Å²) in [6, 6.07) is 0. The standard InChI is InChI=1S/C57H106O15/c1-3-5-7-9-11-13-15-17-19-21-22-24-25-27-29-31-33-35-37-39-48(59)67-42-45(70-49(60)40-38-36-34-32-30-28-26-23-20-18-16-14-12-10-8-6-4-2)43-68-56-55(66)53(64)51(62)47(72-56)44-69-57-54(65)52(63)50(61)46(41-58)71-57/h17,19,45-47,50-58,61-66H,3-16,18,20-44H2,1-2H3/b19-17+/t45-,46+,47+,50-,51-,52?,53?,54?,55?,56+,57+/m0/s1. The molecular formula is C57H106O15. The zero-order valence-electron chi connectivity index (χ0n) is 45.2. The Morgan fingerprint density at radius 2 is 0.792 bits per heavy atom. The lowest BCUT2D eigenvalue weighted by Gasteiger charge is -2.42. The molecule has 7 N–H and O–H groups in total. The van der Waals surface area contributed by atoms with Crippen LogP contribution >= 0.6 is 0 Å². The van der Waals surface area contributed by atoms with Crippen molar-refractivity contribution in [3.8, 4) is 0 Å². The molecule has 4 unspecified atom stereocenters. The highest BCUT2D eigenvalue weighted by atomic mass is 16.7. The molecule has 424 valence electrons. The number of rotatable bonds is 47. The molecule has 0 amide bonds. The molecule has 15 heteroatoms. The number of aliphatic hydroxyl groups excluding tert-OH is 7. The largest absolute Gasteiger partial charge is 0.462 e. The van der Waals surface area contributed by atoms with Gasteiger partial charge in [0.15, 0.2) is 18.7 Å². The van der Waals surface area contributed by atoms with Gasteiger partial charge in [0.1, 0.15) is 55.4 Å². The van der Waals surface area contributed by atoms with Crippen molar-refractivity contribution < 1.29 is 73.8 Å². The van der Waals surface area contributed by atoms with Gasteiger partial charge in [-0.3, -0.25) is 9.59 Å². The van der Waals surface area contributed by atoms with E-state index in [9.17, 15) is 45.3 Å². The summed E-state index contributed by atoms with van der Waals surface area (Å²) in [5.74, 6) is -0.911. The van der Waals surface area contributed by atoms with Crippen molar-refractivity contribution in [1.82, 2.24) is 0 Å². The molecule has 0 aromatic heterocycles. The highest BCUT2D eigenvalue weighted by Gasteiger charge is 2.47. The lowest BCUT2D eigenvalue weighted by Crippen LogP contribution is -2.61. The molecule has 2 fully saturated rings. The Bertz CT molecular complexity index is 1300. The van der Waals surface area contributed by atoms with E-state index >= 15 is 0 Å². The van der Waals surface area contributed by atoms with Crippen LogP contribution in [0, 0.1) is 0 Å². The first-order valence-corrected chi connectivity index (χ1v) is 29.3. The van der Waals surface area contributed by atoms with Gasteiger partial charge in [0.25, 0.3) is 0 Å². The van der Waals surface area contributed by atoms with Crippen LogP contribution in [0.5, 0.6) is 0 Å². The molecule has 2 aliphatic rings. The van der Waals surface area contributed by atoms with Crippen LogP contribution in [0.4, 0.5) is 0 Å². The third kappa shape index (κ3) is 31.3. The van der Waals surface area contributed by atoms with Crippen LogP contribution in [-0.4, -0.2) is 142 Å². The van der Waals surface area contributed by atoms with E-state index in [4.69, 9.17) is 28.4 Å². The topological polar surface area (TPSA) is 231 Å². The molecule has 0 aliphatic carbocycles. The summed E-state index contributed by atoms with van der Waals surface area (Å²) >= 11 is 0. The number of carbonyl (C=O) groups excluding carboxylic acids is 2. The number of carbonyl (C=O) groups is 2. The Balaban J connectivity index is 1.75. The molecule has 15 nitrogen and oxygen atoms in total. The Morgan fingerprint density at radius 1 is 0.431 bits per heavy atom. The summed E-state index contributed by atoms with van der Waals surface area (Å²) in [5, 5.41) is 72.3. The van der Waals surface area contributed by atoms with Gasteiger partial charge in [-0.05, 0) is 38.5 Å². The van der Waals surface area contributed by atoms with E-state index in [2.05, 4.69) is 26.0 Å². The normalized spacial score (nSPS) is 25.0. The van der Waals surface area contributed by atoms with Gasteiger partial charge >= 0.3 is 11.9 Å². The predicted octanol–water partition coefficient (Wildman–Crippen LogP) is 9.72. The van der Waals surface area contributed by atoms with Crippen LogP contribution in [0.2, 0.25) is 0 Å². The minimum atomic E-state index is -1.76. The molecule has 0 aromatic rings. The van der Waals surface area contributed by atoms with Gasteiger partial charge in [-0.1, -0.05) is 206 Å². The van der Waals surface area contributed by atoms with E-state index in [1.54, 1.807) is 0 Å². The van der Waals surface area contributed by atoms with Gasteiger partial charge in [-0.2, -0.15) is 0 Å². The van der Waals surface area contributed by atoms with Crippen LogP contribution in [0.15, 0.2) is 12.2 Å². The fourth-order valence-electron chi connectivity index (χ4n) is 9.45. The van der Waals surface area contributed by atoms with E-state index in [1.807, 2.05) is 0 Å². The van der Waals surface area contributed by atoms with Crippen molar-refractivity contribution in [1.29, 1.82) is 0 Å². The zero-order valence-corrected chi connectivity index (χ0v) is 45.2. The molecule has 72 heavy (non-hydrogen) atoms. The fraction of sp³-hybridized carbons (Fsp3) is 0.930. The zero-order chi connectivity index (χ0) is 52.4. The van der Waals surface area contributed by atoms with E-state index in [0.717, 1.165) is 38.5 Å². The molecule has 2 saturated heterocycles. The van der Waals surface area contributed by atoms with Gasteiger partial charge in [-0.15, -0.1) is 0 Å². The van der Waals surface area contributed by atoms with Crippen LogP contribution in [0.1, 0.15) is 245 Å². The van der Waals surface area contributed by atoms with Crippen molar-refractivity contribution in [3.63, 3.8) is 0 Å². The number of esters is 2. The Morgan fingerprint density at radius 3 is 1.22 bits per heavy atom. The van der Waals surface area contributed by atoms with Gasteiger partial charge < -0.3 is 64.2 Å². The van der Waals surface area contributed by atoms with E-state index < -0.39 is 92.7 Å². The number of aliphatic hydroxyl groups is 7. The van der Waals surface area contributed by atoms with Gasteiger partial charge in [0.2, 0.25) is 0 Å². The minimum absolute atomic E-state index is 0.171. The lowest BCUT2D eigenvalue weighted by molar-refractivity contribution is -0.332. The second kappa shape index (κ2) is 44.4. The second-order valence-electron chi connectivity index (χ2n) is 20.8. The van der Waals surface area contributed by atoms with Crippen molar-refractivity contribution in [2.24, 2.45) is 0 Å². The third-order valence-corrected chi connectivity index (χ3v) is 14.2. The number of hydrogen-bond donors (Lipinski definition) is 7. The first-order chi connectivity index (χ1) is 35.0. The maximum atomic E-state index is 13.1. The Kier molecular flexibility index (Phi) is 40.9. The number of unbranched alkanes of at least 4 members (excludes halogenated alkanes) is 31. The van der Waals surface area contributed by atoms with Gasteiger partial charge in [0.05, 0.1) is 19.8 Å². The first kappa shape index (κ1) is 66.4. The molecule has 0 radical (unpaired) electrons. The fourth-order valence-corrected chi connectivity index (χ4v) is 9.45. The molecule has 0 saturated carbocycles. The van der Waals surface area contributed by atoms with E-state index in [0.29, 0.717) is 12.8 Å².